The van der Waals surface area contributed by atoms with Gasteiger partial charge in [0.25, 0.3) is 0 Å². The highest BCUT2D eigenvalue weighted by atomic mass is 79.9. The lowest BCUT2D eigenvalue weighted by Gasteiger charge is -2.46. The van der Waals surface area contributed by atoms with Crippen molar-refractivity contribution in [3.8, 4) is 0 Å². The first kappa shape index (κ1) is 21.5. The Morgan fingerprint density at radius 2 is 1.07 bits per heavy atom. The average molecular weight is 538 g/mol. The van der Waals surface area contributed by atoms with E-state index in [9.17, 15) is 9.59 Å². The molecule has 6 nitrogen and oxygen atoms in total. The molecule has 1 aliphatic carbocycles. The molecule has 1 aliphatic heterocycles. The lowest BCUT2D eigenvalue weighted by atomic mass is 9.88. The molecule has 2 fully saturated rings. The average Bonchev–Trinajstić information content (AvgIpc) is 2.76. The third-order valence-corrected chi connectivity index (χ3v) is 6.50. The molecular weight excluding hydrogens is 516 g/mol. The zero-order chi connectivity index (χ0) is 21.1. The van der Waals surface area contributed by atoms with Crippen LogP contribution in [0.2, 0.25) is 0 Å². The zero-order valence-electron chi connectivity index (χ0n) is 16.3. The number of hydrogen-bond acceptors (Lipinski definition) is 4. The summed E-state index contributed by atoms with van der Waals surface area (Å²) in [5.41, 5.74) is 1.86. The fourth-order valence-electron chi connectivity index (χ4n) is 3.89. The molecule has 0 aromatic heterocycles. The minimum Gasteiger partial charge on any atom is -0.265 e. The van der Waals surface area contributed by atoms with Crippen LogP contribution >= 0.6 is 31.9 Å². The monoisotopic (exact) mass is 536 g/mol. The molecule has 0 unspecified atom stereocenters. The first-order valence-corrected chi connectivity index (χ1v) is 11.5. The van der Waals surface area contributed by atoms with Gasteiger partial charge in [-0.25, -0.2) is 10.1 Å². The van der Waals surface area contributed by atoms with Crippen LogP contribution in [0.3, 0.4) is 0 Å². The third kappa shape index (κ3) is 4.77. The van der Waals surface area contributed by atoms with Crippen molar-refractivity contribution < 1.29 is 19.3 Å². The number of fused-ring (bicyclic) bond motifs is 1. The van der Waals surface area contributed by atoms with Crippen LogP contribution in [0, 0.1) is 0 Å². The zero-order valence-corrected chi connectivity index (χ0v) is 19.5. The van der Waals surface area contributed by atoms with Gasteiger partial charge in [0.05, 0.1) is 12.1 Å². The molecule has 1 saturated heterocycles. The number of amides is 2. The van der Waals surface area contributed by atoms with Crippen LogP contribution < -0.4 is 0 Å². The van der Waals surface area contributed by atoms with E-state index in [1.54, 1.807) is 0 Å². The predicted octanol–water partition coefficient (Wildman–Crippen LogP) is 4.76. The molecule has 0 N–H and O–H groups in total. The Bertz CT molecular complexity index is 829. The van der Waals surface area contributed by atoms with E-state index in [4.69, 9.17) is 9.68 Å². The fraction of sp³-hybridized carbons (Fsp3) is 0.364. The number of carbonyl (C=O) groups excluding carboxylic acids is 2. The summed E-state index contributed by atoms with van der Waals surface area (Å²) >= 11 is 6.81. The normalized spacial score (nSPS) is 21.7. The maximum absolute atomic E-state index is 12.8. The number of benzene rings is 2. The highest BCUT2D eigenvalue weighted by molar-refractivity contribution is 9.10. The van der Waals surface area contributed by atoms with E-state index < -0.39 is 11.8 Å². The quantitative estimate of drug-likeness (QED) is 0.499. The maximum atomic E-state index is 12.8. The Hall–Kier alpha value is -1.74. The van der Waals surface area contributed by atoms with Gasteiger partial charge in [-0.05, 0) is 48.2 Å². The minimum absolute atomic E-state index is 0.204. The van der Waals surface area contributed by atoms with Crippen molar-refractivity contribution in [1.82, 2.24) is 10.1 Å². The number of hydrogen-bond donors (Lipinski definition) is 0. The lowest BCUT2D eigenvalue weighted by molar-refractivity contribution is -0.270. The first-order chi connectivity index (χ1) is 14.5. The van der Waals surface area contributed by atoms with Gasteiger partial charge in [-0.1, -0.05) is 69.0 Å². The molecule has 0 radical (unpaired) electrons. The van der Waals surface area contributed by atoms with E-state index in [2.05, 4.69) is 31.9 Å². The summed E-state index contributed by atoms with van der Waals surface area (Å²) in [6.45, 7) is 0.463. The van der Waals surface area contributed by atoms with E-state index in [1.165, 1.54) is 10.1 Å². The van der Waals surface area contributed by atoms with Crippen molar-refractivity contribution in [1.29, 1.82) is 0 Å². The summed E-state index contributed by atoms with van der Waals surface area (Å²) < 4.78 is 1.95. The Labute approximate surface area is 192 Å². The van der Waals surface area contributed by atoms with Crippen molar-refractivity contribution in [2.75, 3.05) is 0 Å². The maximum Gasteiger partial charge on any atom is 0.338 e. The van der Waals surface area contributed by atoms with Crippen molar-refractivity contribution >= 4 is 43.7 Å². The number of nitrogens with zero attached hydrogens (tertiary/aromatic N) is 2. The summed E-state index contributed by atoms with van der Waals surface area (Å²) in [7, 11) is 0. The van der Waals surface area contributed by atoms with Gasteiger partial charge in [-0.2, -0.15) is 0 Å². The summed E-state index contributed by atoms with van der Waals surface area (Å²) in [6, 6.07) is 15.0. The number of rotatable bonds is 6. The molecular formula is C22H22Br2N2O4. The number of hydroxylamine groups is 4. The lowest BCUT2D eigenvalue weighted by Crippen LogP contribution is -2.65. The molecule has 1 saturated carbocycles. The molecule has 2 aromatic carbocycles. The number of carbonyl (C=O) groups is 2. The van der Waals surface area contributed by atoms with E-state index >= 15 is 0 Å². The third-order valence-electron chi connectivity index (χ3n) is 5.45. The highest BCUT2D eigenvalue weighted by Crippen LogP contribution is 2.32. The van der Waals surface area contributed by atoms with E-state index in [-0.39, 0.29) is 25.3 Å². The molecule has 0 spiro atoms. The second-order valence-corrected chi connectivity index (χ2v) is 9.31. The highest BCUT2D eigenvalue weighted by Gasteiger charge is 2.48. The van der Waals surface area contributed by atoms with Gasteiger partial charge in [0.2, 0.25) is 0 Å². The molecule has 2 aromatic rings. The number of piperazine rings is 1. The van der Waals surface area contributed by atoms with Crippen molar-refractivity contribution in [2.45, 2.75) is 51.0 Å². The topological polar surface area (TPSA) is 59.1 Å². The van der Waals surface area contributed by atoms with E-state index in [1.807, 2.05) is 48.5 Å². The van der Waals surface area contributed by atoms with Crippen LogP contribution in [0.1, 0.15) is 36.8 Å². The second kappa shape index (κ2) is 9.60. The first-order valence-electron chi connectivity index (χ1n) is 9.94. The molecule has 2 atom stereocenters. The fourth-order valence-corrected chi connectivity index (χ4v) is 4.42. The van der Waals surface area contributed by atoms with Crippen LogP contribution in [0.4, 0.5) is 0 Å². The standard InChI is InChI=1S/C22H22Br2N2O4/c23-17-9-5-15(6-10-17)13-29-25-19-3-1-2-4-20(19)26(22(28)21(25)27)30-14-16-7-11-18(24)12-8-16/h5-12,19-20H,1-4,13-14H2/t19-,20-/m0/s1. The Kier molecular flexibility index (Phi) is 6.87. The molecule has 8 heteroatoms. The minimum atomic E-state index is -0.675. The van der Waals surface area contributed by atoms with Crippen LogP contribution in [-0.2, 0) is 32.5 Å². The van der Waals surface area contributed by atoms with Crippen LogP contribution in [0.15, 0.2) is 57.5 Å². The largest absolute Gasteiger partial charge is 0.338 e. The molecule has 1 heterocycles. The summed E-state index contributed by atoms with van der Waals surface area (Å²) in [5.74, 6) is -1.35. The van der Waals surface area contributed by atoms with Gasteiger partial charge in [0, 0.05) is 8.95 Å². The van der Waals surface area contributed by atoms with Gasteiger partial charge in [0.15, 0.2) is 0 Å². The van der Waals surface area contributed by atoms with E-state index in [0.717, 1.165) is 45.8 Å². The Morgan fingerprint density at radius 1 is 0.700 bits per heavy atom. The molecule has 2 amide bonds. The predicted molar refractivity (Wildman–Crippen MR) is 118 cm³/mol. The SMILES string of the molecule is O=C1C(=O)N(OCc2ccc(Br)cc2)[C@H]2CCCC[C@@H]2N1OCc1ccc(Br)cc1. The Morgan fingerprint density at radius 3 is 1.43 bits per heavy atom. The van der Waals surface area contributed by atoms with Crippen molar-refractivity contribution in [3.63, 3.8) is 0 Å². The Balaban J connectivity index is 1.46. The second-order valence-electron chi connectivity index (χ2n) is 7.48. The van der Waals surface area contributed by atoms with Crippen molar-refractivity contribution in [2.24, 2.45) is 0 Å². The summed E-state index contributed by atoms with van der Waals surface area (Å²) in [5, 5.41) is 2.57. The van der Waals surface area contributed by atoms with Gasteiger partial charge in [-0.3, -0.25) is 19.3 Å². The van der Waals surface area contributed by atoms with Crippen molar-refractivity contribution in [3.05, 3.63) is 68.6 Å². The van der Waals surface area contributed by atoms with Crippen LogP contribution in [-0.4, -0.2) is 34.0 Å². The van der Waals surface area contributed by atoms with Gasteiger partial charge in [0.1, 0.15) is 13.2 Å². The van der Waals surface area contributed by atoms with Gasteiger partial charge < -0.3 is 0 Å². The molecule has 4 rings (SSSR count). The van der Waals surface area contributed by atoms with E-state index in [0.29, 0.717) is 0 Å². The molecule has 0 bridgehead atoms. The molecule has 30 heavy (non-hydrogen) atoms. The summed E-state index contributed by atoms with van der Waals surface area (Å²) in [4.78, 5) is 37.4. The van der Waals surface area contributed by atoms with Crippen LogP contribution in [0.25, 0.3) is 0 Å². The number of halogens is 2. The van der Waals surface area contributed by atoms with Gasteiger partial charge >= 0.3 is 11.8 Å². The summed E-state index contributed by atoms with van der Waals surface area (Å²) in [6.07, 6.45) is 3.53. The molecule has 158 valence electrons. The molecule has 2 aliphatic rings. The van der Waals surface area contributed by atoms with Gasteiger partial charge in [-0.15, -0.1) is 0 Å². The smallest absolute Gasteiger partial charge is 0.265 e. The van der Waals surface area contributed by atoms with Crippen LogP contribution in [0.5, 0.6) is 0 Å².